The van der Waals surface area contributed by atoms with E-state index < -0.39 is 0 Å². The molecule has 0 atom stereocenters. The fraction of sp³-hybridized carbons (Fsp3) is 0.368. The number of hydrogen-bond donors (Lipinski definition) is 1. The van der Waals surface area contributed by atoms with E-state index in [2.05, 4.69) is 44.4 Å². The van der Waals surface area contributed by atoms with Crippen molar-refractivity contribution in [3.63, 3.8) is 0 Å². The van der Waals surface area contributed by atoms with Gasteiger partial charge in [-0.15, -0.1) is 0 Å². The zero-order valence-corrected chi connectivity index (χ0v) is 14.5. The number of nitrogens with zero attached hydrogens (tertiary/aromatic N) is 3. The molecule has 2 aromatic rings. The van der Waals surface area contributed by atoms with Crippen molar-refractivity contribution >= 4 is 17.3 Å². The van der Waals surface area contributed by atoms with E-state index in [1.807, 2.05) is 6.07 Å². The van der Waals surface area contributed by atoms with Crippen molar-refractivity contribution in [1.82, 2.24) is 9.88 Å². The van der Waals surface area contributed by atoms with Crippen LogP contribution >= 0.6 is 0 Å². The molecule has 1 amide bonds. The maximum absolute atomic E-state index is 12.2. The number of para-hydroxylation sites is 1. The predicted octanol–water partition coefficient (Wildman–Crippen LogP) is 2.24. The molecule has 1 N–H and O–H groups in total. The highest BCUT2D eigenvalue weighted by Crippen LogP contribution is 2.22. The van der Waals surface area contributed by atoms with Crippen LogP contribution in [0, 0.1) is 0 Å². The zero-order chi connectivity index (χ0) is 17.5. The van der Waals surface area contributed by atoms with Gasteiger partial charge >= 0.3 is 0 Å². The summed E-state index contributed by atoms with van der Waals surface area (Å²) in [5.41, 5.74) is 1.88. The highest BCUT2D eigenvalue weighted by molar-refractivity contribution is 5.92. The monoisotopic (exact) mass is 340 g/mol. The number of anilines is 2. The lowest BCUT2D eigenvalue weighted by Gasteiger charge is -2.36. The van der Waals surface area contributed by atoms with Crippen molar-refractivity contribution in [3.05, 3.63) is 48.8 Å². The SMILES string of the molecule is COc1ccncc1NC(=O)CCN1CCN(c2ccccc2)CC1. The molecule has 1 aromatic heterocycles. The van der Waals surface area contributed by atoms with E-state index in [0.29, 0.717) is 17.9 Å². The normalized spacial score (nSPS) is 15.0. The molecule has 3 rings (SSSR count). The average Bonchev–Trinajstić information content (AvgIpc) is 2.68. The van der Waals surface area contributed by atoms with Crippen molar-refractivity contribution in [1.29, 1.82) is 0 Å². The number of carbonyl (C=O) groups excluding carboxylic acids is 1. The molecule has 25 heavy (non-hydrogen) atoms. The minimum Gasteiger partial charge on any atom is -0.494 e. The molecule has 1 fully saturated rings. The van der Waals surface area contributed by atoms with Gasteiger partial charge in [0, 0.05) is 57.1 Å². The van der Waals surface area contributed by atoms with Crippen molar-refractivity contribution in [2.45, 2.75) is 6.42 Å². The molecular weight excluding hydrogens is 316 g/mol. The van der Waals surface area contributed by atoms with Crippen LogP contribution in [0.25, 0.3) is 0 Å². The Balaban J connectivity index is 1.43. The van der Waals surface area contributed by atoms with Gasteiger partial charge in [-0.1, -0.05) is 18.2 Å². The second kappa shape index (κ2) is 8.48. The second-order valence-electron chi connectivity index (χ2n) is 6.04. The first-order chi connectivity index (χ1) is 12.3. The molecule has 1 saturated heterocycles. The summed E-state index contributed by atoms with van der Waals surface area (Å²) in [4.78, 5) is 20.9. The molecule has 1 aliphatic rings. The molecule has 132 valence electrons. The van der Waals surface area contributed by atoms with Gasteiger partial charge in [-0.05, 0) is 12.1 Å². The number of pyridine rings is 1. The Morgan fingerprint density at radius 2 is 1.92 bits per heavy atom. The third-order valence-electron chi connectivity index (χ3n) is 4.42. The number of rotatable bonds is 6. The number of ether oxygens (including phenoxy) is 1. The van der Waals surface area contributed by atoms with Crippen LogP contribution in [-0.4, -0.2) is 55.6 Å². The fourth-order valence-electron chi connectivity index (χ4n) is 2.99. The summed E-state index contributed by atoms with van der Waals surface area (Å²) in [5.74, 6) is 0.608. The van der Waals surface area contributed by atoms with Crippen LogP contribution in [0.5, 0.6) is 5.75 Å². The lowest BCUT2D eigenvalue weighted by molar-refractivity contribution is -0.116. The first-order valence-corrected chi connectivity index (χ1v) is 8.56. The Kier molecular flexibility index (Phi) is 5.85. The maximum Gasteiger partial charge on any atom is 0.225 e. The van der Waals surface area contributed by atoms with Gasteiger partial charge in [-0.25, -0.2) is 0 Å². The van der Waals surface area contributed by atoms with Gasteiger partial charge in [0.2, 0.25) is 5.91 Å². The van der Waals surface area contributed by atoms with E-state index in [9.17, 15) is 4.79 Å². The molecule has 0 spiro atoms. The highest BCUT2D eigenvalue weighted by Gasteiger charge is 2.18. The van der Waals surface area contributed by atoms with Gasteiger partial charge in [0.15, 0.2) is 0 Å². The minimum atomic E-state index is -0.0169. The van der Waals surface area contributed by atoms with Gasteiger partial charge in [-0.3, -0.25) is 14.7 Å². The first-order valence-electron chi connectivity index (χ1n) is 8.56. The van der Waals surface area contributed by atoms with Crippen LogP contribution in [-0.2, 0) is 4.79 Å². The summed E-state index contributed by atoms with van der Waals surface area (Å²) in [6.45, 7) is 4.68. The largest absolute Gasteiger partial charge is 0.494 e. The van der Waals surface area contributed by atoms with Crippen molar-refractivity contribution in [2.75, 3.05) is 50.1 Å². The summed E-state index contributed by atoms with van der Waals surface area (Å²) < 4.78 is 5.22. The van der Waals surface area contributed by atoms with Gasteiger partial charge in [0.05, 0.1) is 13.3 Å². The number of aromatic nitrogens is 1. The summed E-state index contributed by atoms with van der Waals surface area (Å²) in [5, 5.41) is 2.87. The van der Waals surface area contributed by atoms with Crippen LogP contribution in [0.15, 0.2) is 48.8 Å². The van der Waals surface area contributed by atoms with Gasteiger partial charge in [-0.2, -0.15) is 0 Å². The van der Waals surface area contributed by atoms with E-state index in [0.717, 1.165) is 32.7 Å². The van der Waals surface area contributed by atoms with Crippen LogP contribution in [0.4, 0.5) is 11.4 Å². The molecule has 0 aliphatic carbocycles. The van der Waals surface area contributed by atoms with E-state index >= 15 is 0 Å². The van der Waals surface area contributed by atoms with Crippen molar-refractivity contribution in [3.8, 4) is 5.75 Å². The number of carbonyl (C=O) groups is 1. The van der Waals surface area contributed by atoms with E-state index in [1.165, 1.54) is 5.69 Å². The Morgan fingerprint density at radius 3 is 2.64 bits per heavy atom. The smallest absolute Gasteiger partial charge is 0.225 e. The first kappa shape index (κ1) is 17.2. The quantitative estimate of drug-likeness (QED) is 0.874. The van der Waals surface area contributed by atoms with E-state index in [1.54, 1.807) is 25.6 Å². The Hall–Kier alpha value is -2.60. The third-order valence-corrected chi connectivity index (χ3v) is 4.42. The van der Waals surface area contributed by atoms with Crippen LogP contribution in [0.3, 0.4) is 0 Å². The number of hydrogen-bond acceptors (Lipinski definition) is 5. The molecule has 0 unspecified atom stereocenters. The fourth-order valence-corrected chi connectivity index (χ4v) is 2.99. The molecule has 2 heterocycles. The maximum atomic E-state index is 12.2. The van der Waals surface area contributed by atoms with Crippen LogP contribution in [0.1, 0.15) is 6.42 Å². The highest BCUT2D eigenvalue weighted by atomic mass is 16.5. The number of benzene rings is 1. The van der Waals surface area contributed by atoms with Crippen molar-refractivity contribution in [2.24, 2.45) is 0 Å². The lowest BCUT2D eigenvalue weighted by Crippen LogP contribution is -2.47. The number of amides is 1. The lowest BCUT2D eigenvalue weighted by atomic mass is 10.2. The molecule has 1 aliphatic heterocycles. The number of piperazine rings is 1. The summed E-state index contributed by atoms with van der Waals surface area (Å²) in [7, 11) is 1.58. The predicted molar refractivity (Wildman–Crippen MR) is 99.1 cm³/mol. The number of methoxy groups -OCH3 is 1. The Morgan fingerprint density at radius 1 is 1.16 bits per heavy atom. The Bertz CT molecular complexity index is 685. The molecule has 0 saturated carbocycles. The average molecular weight is 340 g/mol. The van der Waals surface area contributed by atoms with Crippen molar-refractivity contribution < 1.29 is 9.53 Å². The minimum absolute atomic E-state index is 0.0169. The van der Waals surface area contributed by atoms with Gasteiger partial charge in [0.1, 0.15) is 11.4 Å². The standard InChI is InChI=1S/C19H24N4O2/c1-25-18-7-9-20-15-17(18)21-19(24)8-10-22-11-13-23(14-12-22)16-5-3-2-4-6-16/h2-7,9,15H,8,10-14H2,1H3,(H,21,24). The molecule has 6 heteroatoms. The molecular formula is C19H24N4O2. The Labute approximate surface area is 148 Å². The van der Waals surface area contributed by atoms with Gasteiger partial charge < -0.3 is 15.0 Å². The number of nitrogens with one attached hydrogen (secondary N) is 1. The van der Waals surface area contributed by atoms with Crippen LogP contribution in [0.2, 0.25) is 0 Å². The third kappa shape index (κ3) is 4.70. The van der Waals surface area contributed by atoms with Gasteiger partial charge in [0.25, 0.3) is 0 Å². The zero-order valence-electron chi connectivity index (χ0n) is 14.5. The summed E-state index contributed by atoms with van der Waals surface area (Å²) in [6.07, 6.45) is 3.71. The summed E-state index contributed by atoms with van der Waals surface area (Å²) >= 11 is 0. The van der Waals surface area contributed by atoms with E-state index in [-0.39, 0.29) is 5.91 Å². The van der Waals surface area contributed by atoms with Crippen LogP contribution < -0.4 is 15.0 Å². The molecule has 6 nitrogen and oxygen atoms in total. The molecule has 1 aromatic carbocycles. The van der Waals surface area contributed by atoms with E-state index in [4.69, 9.17) is 4.74 Å². The summed E-state index contributed by atoms with van der Waals surface area (Å²) in [6, 6.07) is 12.2. The molecule has 0 radical (unpaired) electrons. The molecule has 0 bridgehead atoms. The topological polar surface area (TPSA) is 57.7 Å². The second-order valence-corrected chi connectivity index (χ2v) is 6.04.